The molecule has 0 saturated carbocycles. The van der Waals surface area contributed by atoms with Crippen molar-refractivity contribution in [3.05, 3.63) is 17.7 Å². The van der Waals surface area contributed by atoms with E-state index >= 15 is 0 Å². The fourth-order valence-corrected chi connectivity index (χ4v) is 2.07. The lowest BCUT2D eigenvalue weighted by Gasteiger charge is -2.22. The molecule has 0 radical (unpaired) electrons. The van der Waals surface area contributed by atoms with Crippen molar-refractivity contribution in [3.8, 4) is 0 Å². The third-order valence-electron chi connectivity index (χ3n) is 2.15. The van der Waals surface area contributed by atoms with Crippen LogP contribution in [0.1, 0.15) is 27.9 Å². The van der Waals surface area contributed by atoms with Crippen LogP contribution in [-0.2, 0) is 0 Å². The Kier molecular flexibility index (Phi) is 4.74. The van der Waals surface area contributed by atoms with Gasteiger partial charge in [0.15, 0.2) is 11.4 Å². The SMILES string of the molecule is CSCC(C)(O)CNC(=O)c1nc[nH]c1C(=O)O. The molecule has 1 aromatic heterocycles. The first kappa shape index (κ1) is 14.5. The highest BCUT2D eigenvalue weighted by molar-refractivity contribution is 7.98. The Morgan fingerprint density at radius 3 is 2.83 bits per heavy atom. The highest BCUT2D eigenvalue weighted by atomic mass is 32.2. The number of aromatic nitrogens is 2. The standard InChI is InChI=1S/C10H15N3O4S/c1-10(17,4-18-2)3-11-8(14)6-7(9(15)16)13-5-12-6/h5,17H,3-4H2,1-2H3,(H,11,14)(H,12,13)(H,15,16). The van der Waals surface area contributed by atoms with Gasteiger partial charge in [-0.15, -0.1) is 0 Å². The first-order valence-electron chi connectivity index (χ1n) is 5.13. The van der Waals surface area contributed by atoms with E-state index in [4.69, 9.17) is 5.11 Å². The van der Waals surface area contributed by atoms with E-state index in [0.29, 0.717) is 5.75 Å². The van der Waals surface area contributed by atoms with E-state index in [1.807, 2.05) is 6.26 Å². The van der Waals surface area contributed by atoms with Crippen molar-refractivity contribution in [3.63, 3.8) is 0 Å². The number of rotatable bonds is 6. The van der Waals surface area contributed by atoms with Gasteiger partial charge in [0.25, 0.3) is 5.91 Å². The maximum absolute atomic E-state index is 11.7. The lowest BCUT2D eigenvalue weighted by molar-refractivity contribution is 0.0676. The number of carboxylic acids is 1. The Labute approximate surface area is 108 Å². The number of hydrogen-bond acceptors (Lipinski definition) is 5. The van der Waals surface area contributed by atoms with Crippen LogP contribution in [0.25, 0.3) is 0 Å². The number of imidazole rings is 1. The predicted octanol–water partition coefficient (Wildman–Crippen LogP) is -0.0483. The first-order chi connectivity index (χ1) is 8.37. The molecule has 1 amide bonds. The molecule has 7 nitrogen and oxygen atoms in total. The zero-order valence-electron chi connectivity index (χ0n) is 10.1. The number of thioether (sulfide) groups is 1. The van der Waals surface area contributed by atoms with E-state index in [2.05, 4.69) is 15.3 Å². The lowest BCUT2D eigenvalue weighted by Crippen LogP contribution is -2.42. The van der Waals surface area contributed by atoms with Gasteiger partial charge in [-0.1, -0.05) is 0 Å². The molecule has 100 valence electrons. The second-order valence-corrected chi connectivity index (χ2v) is 4.91. The van der Waals surface area contributed by atoms with E-state index in [1.54, 1.807) is 6.92 Å². The molecule has 0 aliphatic carbocycles. The van der Waals surface area contributed by atoms with Crippen molar-refractivity contribution >= 4 is 23.6 Å². The molecule has 0 aliphatic rings. The Morgan fingerprint density at radius 2 is 2.28 bits per heavy atom. The lowest BCUT2D eigenvalue weighted by atomic mass is 10.1. The number of nitrogens with one attached hydrogen (secondary N) is 2. The summed E-state index contributed by atoms with van der Waals surface area (Å²) in [4.78, 5) is 28.5. The number of nitrogens with zero attached hydrogens (tertiary/aromatic N) is 1. The summed E-state index contributed by atoms with van der Waals surface area (Å²) in [6.45, 7) is 1.62. The first-order valence-corrected chi connectivity index (χ1v) is 6.53. The van der Waals surface area contributed by atoms with Crippen LogP contribution in [0, 0.1) is 0 Å². The normalized spacial score (nSPS) is 13.9. The van der Waals surface area contributed by atoms with Gasteiger partial charge in [0.05, 0.1) is 11.9 Å². The van der Waals surface area contributed by atoms with Gasteiger partial charge >= 0.3 is 5.97 Å². The van der Waals surface area contributed by atoms with Crippen LogP contribution in [0.15, 0.2) is 6.33 Å². The molecule has 0 saturated heterocycles. The van der Waals surface area contributed by atoms with Gasteiger partial charge in [0.1, 0.15) is 0 Å². The minimum Gasteiger partial charge on any atom is -0.477 e. The van der Waals surface area contributed by atoms with Crippen LogP contribution in [0.2, 0.25) is 0 Å². The Morgan fingerprint density at radius 1 is 1.61 bits per heavy atom. The number of amides is 1. The average Bonchev–Trinajstić information content (AvgIpc) is 2.74. The second-order valence-electron chi connectivity index (χ2n) is 4.04. The summed E-state index contributed by atoms with van der Waals surface area (Å²) < 4.78 is 0. The van der Waals surface area contributed by atoms with Gasteiger partial charge in [-0.2, -0.15) is 11.8 Å². The molecule has 0 fully saturated rings. The number of aromatic amines is 1. The molecule has 1 atom stereocenters. The van der Waals surface area contributed by atoms with Crippen LogP contribution in [0.5, 0.6) is 0 Å². The number of H-pyrrole nitrogens is 1. The zero-order valence-corrected chi connectivity index (χ0v) is 10.9. The minimum atomic E-state index is -1.26. The minimum absolute atomic E-state index is 0.0264. The largest absolute Gasteiger partial charge is 0.477 e. The van der Waals surface area contributed by atoms with Gasteiger partial charge in [0.2, 0.25) is 0 Å². The second kappa shape index (κ2) is 5.87. The monoisotopic (exact) mass is 273 g/mol. The molecule has 1 heterocycles. The van der Waals surface area contributed by atoms with Crippen LogP contribution in [-0.4, -0.2) is 56.2 Å². The average molecular weight is 273 g/mol. The van der Waals surface area contributed by atoms with Gasteiger partial charge < -0.3 is 20.5 Å². The van der Waals surface area contributed by atoms with Crippen molar-refractivity contribution in [2.75, 3.05) is 18.6 Å². The van der Waals surface area contributed by atoms with Gasteiger partial charge in [0, 0.05) is 12.3 Å². The zero-order chi connectivity index (χ0) is 13.8. The molecule has 0 aliphatic heterocycles. The van der Waals surface area contributed by atoms with E-state index in [0.717, 1.165) is 6.33 Å². The number of carboxylic acid groups (broad SMARTS) is 1. The van der Waals surface area contributed by atoms with Crippen molar-refractivity contribution in [1.29, 1.82) is 0 Å². The number of aliphatic hydroxyl groups is 1. The third kappa shape index (κ3) is 3.74. The fourth-order valence-electron chi connectivity index (χ4n) is 1.35. The van der Waals surface area contributed by atoms with Crippen LogP contribution in [0.3, 0.4) is 0 Å². The Hall–Kier alpha value is -1.54. The highest BCUT2D eigenvalue weighted by Gasteiger charge is 2.24. The smallest absolute Gasteiger partial charge is 0.354 e. The molecular weight excluding hydrogens is 258 g/mol. The van der Waals surface area contributed by atoms with Crippen molar-refractivity contribution < 1.29 is 19.8 Å². The summed E-state index contributed by atoms with van der Waals surface area (Å²) in [5, 5.41) is 21.1. The molecular formula is C10H15N3O4S. The van der Waals surface area contributed by atoms with Gasteiger partial charge in [-0.25, -0.2) is 9.78 Å². The van der Waals surface area contributed by atoms with Crippen molar-refractivity contribution in [1.82, 2.24) is 15.3 Å². The number of aromatic carboxylic acids is 1. The molecule has 1 aromatic rings. The number of carbonyl (C=O) groups excluding carboxylic acids is 1. The highest BCUT2D eigenvalue weighted by Crippen LogP contribution is 2.10. The maximum atomic E-state index is 11.7. The molecule has 4 N–H and O–H groups in total. The Bertz CT molecular complexity index is 444. The summed E-state index contributed by atoms with van der Waals surface area (Å²) in [6, 6.07) is 0. The van der Waals surface area contributed by atoms with Crippen LogP contribution in [0.4, 0.5) is 0 Å². The summed E-state index contributed by atoms with van der Waals surface area (Å²) in [7, 11) is 0. The molecule has 0 bridgehead atoms. The fraction of sp³-hybridized carbons (Fsp3) is 0.500. The van der Waals surface area contributed by atoms with Crippen molar-refractivity contribution in [2.45, 2.75) is 12.5 Å². The summed E-state index contributed by atoms with van der Waals surface area (Å²) >= 11 is 1.45. The molecule has 18 heavy (non-hydrogen) atoms. The summed E-state index contributed by atoms with van der Waals surface area (Å²) in [5.74, 6) is -1.43. The number of carbonyl (C=O) groups is 2. The third-order valence-corrected chi connectivity index (χ3v) is 3.06. The molecule has 1 rings (SSSR count). The predicted molar refractivity (Wildman–Crippen MR) is 66.9 cm³/mol. The Balaban J connectivity index is 2.66. The topological polar surface area (TPSA) is 115 Å². The molecule has 8 heteroatoms. The summed E-state index contributed by atoms with van der Waals surface area (Å²) in [5.41, 5.74) is -1.51. The van der Waals surface area contributed by atoms with Crippen molar-refractivity contribution in [2.24, 2.45) is 0 Å². The quantitative estimate of drug-likeness (QED) is 0.577. The van der Waals surface area contributed by atoms with Gasteiger partial charge in [-0.3, -0.25) is 4.79 Å². The summed E-state index contributed by atoms with van der Waals surface area (Å²) in [6.07, 6.45) is 2.98. The van der Waals surface area contributed by atoms with E-state index in [-0.39, 0.29) is 17.9 Å². The van der Waals surface area contributed by atoms with Crippen LogP contribution >= 0.6 is 11.8 Å². The molecule has 1 unspecified atom stereocenters. The van der Waals surface area contributed by atoms with E-state index < -0.39 is 17.5 Å². The number of hydrogen-bond donors (Lipinski definition) is 4. The maximum Gasteiger partial charge on any atom is 0.354 e. The van der Waals surface area contributed by atoms with Gasteiger partial charge in [-0.05, 0) is 13.2 Å². The molecule has 0 aromatic carbocycles. The van der Waals surface area contributed by atoms with E-state index in [1.165, 1.54) is 11.8 Å². The van der Waals surface area contributed by atoms with E-state index in [9.17, 15) is 14.7 Å². The van der Waals surface area contributed by atoms with Crippen LogP contribution < -0.4 is 5.32 Å². The molecule has 0 spiro atoms.